The molecule has 0 atom stereocenters. The number of hydrogen-bond donors (Lipinski definition) is 1. The lowest BCUT2D eigenvalue weighted by molar-refractivity contribution is 0.843. The van der Waals surface area contributed by atoms with Crippen LogP contribution < -0.4 is 5.32 Å². The summed E-state index contributed by atoms with van der Waals surface area (Å²) in [7, 11) is 1.99. The van der Waals surface area contributed by atoms with Crippen molar-refractivity contribution in [2.45, 2.75) is 30.4 Å². The molecule has 18 heavy (non-hydrogen) atoms. The quantitative estimate of drug-likeness (QED) is 0.753. The first-order valence-electron chi connectivity index (χ1n) is 6.18. The fourth-order valence-electron chi connectivity index (χ4n) is 1.91. The van der Waals surface area contributed by atoms with E-state index in [4.69, 9.17) is 0 Å². The van der Waals surface area contributed by atoms with E-state index < -0.39 is 0 Å². The average molecular weight is 277 g/mol. The van der Waals surface area contributed by atoms with Crippen molar-refractivity contribution in [3.63, 3.8) is 0 Å². The number of hydrogen-bond acceptors (Lipinski definition) is 3. The molecule has 0 aliphatic rings. The number of thioether (sulfide) groups is 1. The van der Waals surface area contributed by atoms with Gasteiger partial charge in [0.05, 0.1) is 0 Å². The van der Waals surface area contributed by atoms with Crippen LogP contribution in [0.2, 0.25) is 0 Å². The first kappa shape index (κ1) is 13.5. The molecule has 0 unspecified atom stereocenters. The molecule has 2 aromatic rings. The Morgan fingerprint density at radius 2 is 2.06 bits per heavy atom. The van der Waals surface area contributed by atoms with Gasteiger partial charge >= 0.3 is 0 Å². The minimum absolute atomic E-state index is 0.559. The molecular formula is C15H19NS2. The van der Waals surface area contributed by atoms with Crippen LogP contribution in [-0.2, 0) is 5.75 Å². The number of anilines is 1. The molecule has 1 aromatic carbocycles. The van der Waals surface area contributed by atoms with Gasteiger partial charge in [-0.25, -0.2) is 0 Å². The van der Waals surface area contributed by atoms with Gasteiger partial charge in [0.1, 0.15) is 0 Å². The Morgan fingerprint density at radius 1 is 1.22 bits per heavy atom. The summed E-state index contributed by atoms with van der Waals surface area (Å²) in [6.07, 6.45) is 0. The van der Waals surface area contributed by atoms with E-state index in [0.29, 0.717) is 5.92 Å². The van der Waals surface area contributed by atoms with Crippen LogP contribution in [0, 0.1) is 0 Å². The summed E-state index contributed by atoms with van der Waals surface area (Å²) in [6, 6.07) is 10.9. The van der Waals surface area contributed by atoms with Crippen molar-refractivity contribution < 1.29 is 0 Å². The first-order valence-corrected chi connectivity index (χ1v) is 8.04. The molecule has 1 nitrogen and oxygen atoms in total. The van der Waals surface area contributed by atoms with Crippen molar-refractivity contribution in [3.8, 4) is 0 Å². The number of rotatable bonds is 5. The molecule has 0 aliphatic carbocycles. The van der Waals surface area contributed by atoms with Gasteiger partial charge in [0, 0.05) is 28.3 Å². The lowest BCUT2D eigenvalue weighted by Gasteiger charge is -2.16. The number of thiophene rings is 1. The van der Waals surface area contributed by atoms with Crippen LogP contribution in [0.5, 0.6) is 0 Å². The van der Waals surface area contributed by atoms with Gasteiger partial charge in [0.15, 0.2) is 0 Å². The van der Waals surface area contributed by atoms with Gasteiger partial charge in [-0.1, -0.05) is 32.0 Å². The third-order valence-corrected chi connectivity index (χ3v) is 5.13. The van der Waals surface area contributed by atoms with Gasteiger partial charge in [0.2, 0.25) is 0 Å². The van der Waals surface area contributed by atoms with Crippen molar-refractivity contribution in [3.05, 3.63) is 46.2 Å². The molecule has 0 bridgehead atoms. The van der Waals surface area contributed by atoms with Gasteiger partial charge in [0.25, 0.3) is 0 Å². The molecule has 2 rings (SSSR count). The molecule has 3 heteroatoms. The summed E-state index contributed by atoms with van der Waals surface area (Å²) in [6.45, 7) is 4.51. The highest BCUT2D eigenvalue weighted by molar-refractivity contribution is 7.98. The smallest absolute Gasteiger partial charge is 0.0478 e. The van der Waals surface area contributed by atoms with Gasteiger partial charge < -0.3 is 5.32 Å². The van der Waals surface area contributed by atoms with Crippen molar-refractivity contribution in [2.75, 3.05) is 12.4 Å². The SMILES string of the molecule is CNc1cccc(C(C)C)c1SCc1cccs1. The van der Waals surface area contributed by atoms with E-state index >= 15 is 0 Å². The van der Waals surface area contributed by atoms with E-state index in [9.17, 15) is 0 Å². The predicted molar refractivity (Wildman–Crippen MR) is 84.0 cm³/mol. The standard InChI is InChI=1S/C15H19NS2/c1-11(2)13-7-4-8-14(16-3)15(13)18-10-12-6-5-9-17-12/h4-9,11,16H,10H2,1-3H3. The van der Waals surface area contributed by atoms with Gasteiger partial charge in [-0.05, 0) is 29.0 Å². The molecule has 0 amide bonds. The lowest BCUT2D eigenvalue weighted by atomic mass is 10.0. The molecular weight excluding hydrogens is 258 g/mol. The summed E-state index contributed by atoms with van der Waals surface area (Å²) >= 11 is 3.76. The van der Waals surface area contributed by atoms with E-state index in [1.807, 2.05) is 30.1 Å². The van der Waals surface area contributed by atoms with Crippen LogP contribution in [0.4, 0.5) is 5.69 Å². The van der Waals surface area contributed by atoms with E-state index in [0.717, 1.165) is 5.75 Å². The molecule has 0 radical (unpaired) electrons. The number of nitrogens with one attached hydrogen (secondary N) is 1. The first-order chi connectivity index (χ1) is 8.72. The fourth-order valence-corrected chi connectivity index (χ4v) is 4.02. The summed E-state index contributed by atoms with van der Waals surface area (Å²) in [5, 5.41) is 5.45. The zero-order chi connectivity index (χ0) is 13.0. The Labute approximate surface area is 118 Å². The molecule has 0 spiro atoms. The van der Waals surface area contributed by atoms with Crippen molar-refractivity contribution >= 4 is 28.8 Å². The maximum absolute atomic E-state index is 3.30. The molecule has 1 heterocycles. The maximum atomic E-state index is 3.30. The van der Waals surface area contributed by atoms with Gasteiger partial charge in [-0.2, -0.15) is 0 Å². The topological polar surface area (TPSA) is 12.0 Å². The summed E-state index contributed by atoms with van der Waals surface area (Å²) < 4.78 is 0. The van der Waals surface area contributed by atoms with E-state index in [1.165, 1.54) is 21.0 Å². The molecule has 96 valence electrons. The largest absolute Gasteiger partial charge is 0.387 e. The minimum atomic E-state index is 0.559. The summed E-state index contributed by atoms with van der Waals surface area (Å²) in [5.41, 5.74) is 2.67. The second-order valence-electron chi connectivity index (χ2n) is 4.50. The highest BCUT2D eigenvalue weighted by atomic mass is 32.2. The Morgan fingerprint density at radius 3 is 2.67 bits per heavy atom. The Balaban J connectivity index is 2.23. The monoisotopic (exact) mass is 277 g/mol. The molecule has 0 saturated carbocycles. The summed E-state index contributed by atoms with van der Waals surface area (Å²) in [5.74, 6) is 1.61. The van der Waals surface area contributed by atoms with Gasteiger partial charge in [-0.15, -0.1) is 23.1 Å². The second-order valence-corrected chi connectivity index (χ2v) is 6.51. The van der Waals surface area contributed by atoms with Crippen LogP contribution in [0.25, 0.3) is 0 Å². The third kappa shape index (κ3) is 3.09. The zero-order valence-corrected chi connectivity index (χ0v) is 12.7. The molecule has 0 aliphatic heterocycles. The van der Waals surface area contributed by atoms with Crippen LogP contribution in [0.1, 0.15) is 30.2 Å². The average Bonchev–Trinajstić information content (AvgIpc) is 2.88. The normalized spacial score (nSPS) is 10.9. The van der Waals surface area contributed by atoms with E-state index in [-0.39, 0.29) is 0 Å². The van der Waals surface area contributed by atoms with Gasteiger partial charge in [-0.3, -0.25) is 0 Å². The highest BCUT2D eigenvalue weighted by Crippen LogP contribution is 2.37. The molecule has 0 fully saturated rings. The Hall–Kier alpha value is -0.930. The van der Waals surface area contributed by atoms with Crippen LogP contribution in [0.3, 0.4) is 0 Å². The van der Waals surface area contributed by atoms with Crippen molar-refractivity contribution in [1.29, 1.82) is 0 Å². The highest BCUT2D eigenvalue weighted by Gasteiger charge is 2.11. The van der Waals surface area contributed by atoms with Crippen molar-refractivity contribution in [1.82, 2.24) is 0 Å². The van der Waals surface area contributed by atoms with Crippen LogP contribution in [0.15, 0.2) is 40.6 Å². The molecule has 0 saturated heterocycles. The minimum Gasteiger partial charge on any atom is -0.387 e. The number of benzene rings is 1. The Bertz CT molecular complexity index is 489. The van der Waals surface area contributed by atoms with E-state index in [2.05, 4.69) is 54.9 Å². The second kappa shape index (κ2) is 6.30. The Kier molecular flexibility index (Phi) is 4.72. The lowest BCUT2D eigenvalue weighted by Crippen LogP contribution is -1.97. The van der Waals surface area contributed by atoms with Crippen LogP contribution in [-0.4, -0.2) is 7.05 Å². The molecule has 1 N–H and O–H groups in total. The van der Waals surface area contributed by atoms with E-state index in [1.54, 1.807) is 0 Å². The molecule has 1 aromatic heterocycles. The zero-order valence-electron chi connectivity index (χ0n) is 11.1. The third-order valence-electron chi connectivity index (χ3n) is 2.88. The predicted octanol–water partition coefficient (Wildman–Crippen LogP) is 5.21. The van der Waals surface area contributed by atoms with Crippen LogP contribution >= 0.6 is 23.1 Å². The summed E-state index contributed by atoms with van der Waals surface area (Å²) in [4.78, 5) is 2.82. The van der Waals surface area contributed by atoms with Crippen molar-refractivity contribution in [2.24, 2.45) is 0 Å². The fraction of sp³-hybridized carbons (Fsp3) is 0.333. The maximum Gasteiger partial charge on any atom is 0.0478 e.